The fourth-order valence-electron chi connectivity index (χ4n) is 2.66. The number of fused-ring (bicyclic) bond motifs is 1. The first kappa shape index (κ1) is 18.5. The number of H-pyrrole nitrogens is 1. The zero-order chi connectivity index (χ0) is 18.5. The van der Waals surface area contributed by atoms with E-state index in [9.17, 15) is 9.90 Å². The van der Waals surface area contributed by atoms with Gasteiger partial charge in [-0.1, -0.05) is 36.0 Å². The Hall–Kier alpha value is -2.32. The Labute approximate surface area is 155 Å². The number of primary amides is 1. The second-order valence-electron chi connectivity index (χ2n) is 5.96. The number of aliphatic hydroxyl groups is 2. The monoisotopic (exact) mass is 371 g/mol. The predicted molar refractivity (Wildman–Crippen MR) is 102 cm³/mol. The maximum absolute atomic E-state index is 11.9. The van der Waals surface area contributed by atoms with Crippen molar-refractivity contribution in [1.29, 1.82) is 0 Å². The number of carbonyl (C=O) groups excluding carboxylic acids is 1. The van der Waals surface area contributed by atoms with Gasteiger partial charge in [0.2, 0.25) is 0 Å². The van der Waals surface area contributed by atoms with E-state index in [4.69, 9.17) is 10.8 Å². The van der Waals surface area contributed by atoms with Crippen molar-refractivity contribution < 1.29 is 15.0 Å². The average molecular weight is 371 g/mol. The van der Waals surface area contributed by atoms with Crippen LogP contribution in [0.5, 0.6) is 0 Å². The fourth-order valence-corrected chi connectivity index (χ4v) is 3.72. The molecule has 0 aliphatic carbocycles. The van der Waals surface area contributed by atoms with Crippen LogP contribution in [0.1, 0.15) is 16.1 Å². The van der Waals surface area contributed by atoms with Crippen LogP contribution in [0.3, 0.4) is 0 Å². The van der Waals surface area contributed by atoms with E-state index in [1.54, 1.807) is 0 Å². The van der Waals surface area contributed by atoms with Gasteiger partial charge >= 0.3 is 0 Å². The van der Waals surface area contributed by atoms with Crippen molar-refractivity contribution in [2.45, 2.75) is 22.4 Å². The van der Waals surface area contributed by atoms with Gasteiger partial charge in [-0.15, -0.1) is 0 Å². The van der Waals surface area contributed by atoms with E-state index in [2.05, 4.69) is 10.3 Å². The standard InChI is InChI=1S/C19H21N3O3S/c20-19(25)17-18(26-14-4-2-1-3-5-14)15-8-12(6-7-16(15)22-17)9-21-10-13(24)11-23/h1-8,13,21-24H,9-11H2,(H2,20,25). The minimum absolute atomic E-state index is 0.274. The fraction of sp³-hybridized carbons (Fsp3) is 0.211. The van der Waals surface area contributed by atoms with Crippen molar-refractivity contribution >= 4 is 28.6 Å². The summed E-state index contributed by atoms with van der Waals surface area (Å²) in [5, 5.41) is 22.3. The van der Waals surface area contributed by atoms with Gasteiger partial charge in [0, 0.05) is 28.9 Å². The van der Waals surface area contributed by atoms with Gasteiger partial charge in [-0.2, -0.15) is 0 Å². The summed E-state index contributed by atoms with van der Waals surface area (Å²) in [7, 11) is 0. The summed E-state index contributed by atoms with van der Waals surface area (Å²) in [4.78, 5) is 16.8. The molecule has 1 amide bonds. The molecule has 7 heteroatoms. The zero-order valence-corrected chi connectivity index (χ0v) is 14.9. The Kier molecular flexibility index (Phi) is 5.95. The van der Waals surface area contributed by atoms with E-state index in [0.717, 1.165) is 26.3 Å². The number of amides is 1. The summed E-state index contributed by atoms with van der Waals surface area (Å²) >= 11 is 1.49. The Bertz CT molecular complexity index is 896. The van der Waals surface area contributed by atoms with Crippen molar-refractivity contribution in [3.05, 3.63) is 59.8 Å². The SMILES string of the molecule is NC(=O)c1[nH]c2ccc(CNCC(O)CO)cc2c1Sc1ccccc1. The van der Waals surface area contributed by atoms with Crippen molar-refractivity contribution in [3.8, 4) is 0 Å². The molecule has 1 aromatic heterocycles. The molecule has 136 valence electrons. The van der Waals surface area contributed by atoms with Gasteiger partial charge in [-0.05, 0) is 29.8 Å². The predicted octanol–water partition coefficient (Wildman–Crippen LogP) is 1.86. The van der Waals surface area contributed by atoms with Crippen LogP contribution < -0.4 is 11.1 Å². The van der Waals surface area contributed by atoms with E-state index in [1.807, 2.05) is 48.5 Å². The number of hydrogen-bond donors (Lipinski definition) is 5. The third-order valence-corrected chi connectivity index (χ3v) is 5.08. The molecule has 0 saturated heterocycles. The van der Waals surface area contributed by atoms with Crippen molar-refractivity contribution in [1.82, 2.24) is 10.3 Å². The van der Waals surface area contributed by atoms with Crippen molar-refractivity contribution in [2.75, 3.05) is 13.2 Å². The molecule has 0 bridgehead atoms. The van der Waals surface area contributed by atoms with Gasteiger partial charge < -0.3 is 26.2 Å². The van der Waals surface area contributed by atoms with Crippen molar-refractivity contribution in [3.63, 3.8) is 0 Å². The lowest BCUT2D eigenvalue weighted by Gasteiger charge is -2.09. The number of benzene rings is 2. The van der Waals surface area contributed by atoms with Crippen LogP contribution in [0.4, 0.5) is 0 Å². The maximum Gasteiger partial charge on any atom is 0.266 e. The quantitative estimate of drug-likeness (QED) is 0.415. The van der Waals surface area contributed by atoms with E-state index in [-0.39, 0.29) is 6.61 Å². The number of hydrogen-bond acceptors (Lipinski definition) is 5. The summed E-state index contributed by atoms with van der Waals surface area (Å²) in [6.07, 6.45) is -0.781. The van der Waals surface area contributed by atoms with Gasteiger partial charge in [-0.25, -0.2) is 0 Å². The lowest BCUT2D eigenvalue weighted by Crippen LogP contribution is -2.28. The average Bonchev–Trinajstić information content (AvgIpc) is 3.00. The summed E-state index contributed by atoms with van der Waals surface area (Å²) < 4.78 is 0. The molecule has 1 unspecified atom stereocenters. The molecule has 0 fully saturated rings. The highest BCUT2D eigenvalue weighted by atomic mass is 32.2. The number of carbonyl (C=O) groups is 1. The normalized spacial score (nSPS) is 12.4. The lowest BCUT2D eigenvalue weighted by atomic mass is 10.1. The Morgan fingerprint density at radius 2 is 2.00 bits per heavy atom. The molecule has 6 nitrogen and oxygen atoms in total. The smallest absolute Gasteiger partial charge is 0.266 e. The topological polar surface area (TPSA) is 111 Å². The van der Waals surface area contributed by atoms with Gasteiger partial charge in [0.05, 0.1) is 17.6 Å². The number of nitrogens with one attached hydrogen (secondary N) is 2. The maximum atomic E-state index is 11.9. The second kappa shape index (κ2) is 8.37. The number of aromatic amines is 1. The second-order valence-corrected chi connectivity index (χ2v) is 7.04. The highest BCUT2D eigenvalue weighted by Gasteiger charge is 2.17. The molecule has 0 aliphatic heterocycles. The molecule has 0 aliphatic rings. The minimum Gasteiger partial charge on any atom is -0.394 e. The van der Waals surface area contributed by atoms with Crippen LogP contribution >= 0.6 is 11.8 Å². The largest absolute Gasteiger partial charge is 0.394 e. The molecular formula is C19H21N3O3S. The summed E-state index contributed by atoms with van der Waals surface area (Å²) in [6, 6.07) is 15.7. The van der Waals surface area contributed by atoms with Gasteiger partial charge in [-0.3, -0.25) is 4.79 Å². The molecule has 26 heavy (non-hydrogen) atoms. The molecule has 0 radical (unpaired) electrons. The third-order valence-electron chi connectivity index (χ3n) is 3.94. The highest BCUT2D eigenvalue weighted by Crippen LogP contribution is 2.36. The molecule has 1 heterocycles. The molecular weight excluding hydrogens is 350 g/mol. The summed E-state index contributed by atoms with van der Waals surface area (Å²) in [5.74, 6) is -0.495. The summed E-state index contributed by atoms with van der Waals surface area (Å²) in [5.41, 5.74) is 7.80. The minimum atomic E-state index is -0.781. The lowest BCUT2D eigenvalue weighted by molar-refractivity contribution is 0.0942. The number of nitrogens with two attached hydrogens (primary N) is 1. The van der Waals surface area contributed by atoms with Crippen LogP contribution in [0.2, 0.25) is 0 Å². The van der Waals surface area contributed by atoms with Crippen LogP contribution in [-0.2, 0) is 6.54 Å². The Morgan fingerprint density at radius 1 is 1.23 bits per heavy atom. The molecule has 2 aromatic carbocycles. The Morgan fingerprint density at radius 3 is 2.69 bits per heavy atom. The van der Waals surface area contributed by atoms with Gasteiger partial charge in [0.1, 0.15) is 5.69 Å². The zero-order valence-electron chi connectivity index (χ0n) is 14.1. The van der Waals surface area contributed by atoms with Crippen LogP contribution in [-0.4, -0.2) is 40.4 Å². The van der Waals surface area contributed by atoms with E-state index in [1.165, 1.54) is 11.8 Å². The van der Waals surface area contributed by atoms with Gasteiger partial charge in [0.25, 0.3) is 5.91 Å². The van der Waals surface area contributed by atoms with Crippen LogP contribution in [0.15, 0.2) is 58.3 Å². The molecule has 1 atom stereocenters. The van der Waals surface area contributed by atoms with Gasteiger partial charge in [0.15, 0.2) is 0 Å². The Balaban J connectivity index is 1.91. The van der Waals surface area contributed by atoms with E-state index < -0.39 is 12.0 Å². The number of aliphatic hydroxyl groups excluding tert-OH is 2. The first-order chi connectivity index (χ1) is 12.6. The molecule has 3 aromatic rings. The first-order valence-electron chi connectivity index (χ1n) is 8.25. The van der Waals surface area contributed by atoms with E-state index in [0.29, 0.717) is 18.8 Å². The molecule has 0 spiro atoms. The van der Waals surface area contributed by atoms with Crippen LogP contribution in [0, 0.1) is 0 Å². The third kappa shape index (κ3) is 4.25. The number of rotatable bonds is 8. The molecule has 3 rings (SSSR count). The molecule has 0 saturated carbocycles. The number of aromatic nitrogens is 1. The highest BCUT2D eigenvalue weighted by molar-refractivity contribution is 7.99. The summed E-state index contributed by atoms with van der Waals surface area (Å²) in [6.45, 7) is 0.572. The van der Waals surface area contributed by atoms with E-state index >= 15 is 0 Å². The van der Waals surface area contributed by atoms with Crippen molar-refractivity contribution in [2.24, 2.45) is 5.73 Å². The molecule has 6 N–H and O–H groups in total. The van der Waals surface area contributed by atoms with Crippen LogP contribution in [0.25, 0.3) is 10.9 Å². The first-order valence-corrected chi connectivity index (χ1v) is 9.07.